The molecule has 188 valence electrons. The van der Waals surface area contributed by atoms with Crippen molar-refractivity contribution in [3.05, 3.63) is 82.4 Å². The zero-order valence-corrected chi connectivity index (χ0v) is 21.0. The average Bonchev–Trinajstić information content (AvgIpc) is 3.25. The molecule has 1 aliphatic heterocycles. The van der Waals surface area contributed by atoms with Crippen LogP contribution in [0.5, 0.6) is 11.5 Å². The van der Waals surface area contributed by atoms with E-state index in [0.717, 1.165) is 53.2 Å². The third-order valence-electron chi connectivity index (χ3n) is 7.57. The highest BCUT2D eigenvalue weighted by molar-refractivity contribution is 5.72. The lowest BCUT2D eigenvalue weighted by Crippen LogP contribution is -2.06. The van der Waals surface area contributed by atoms with Gasteiger partial charge in [0.05, 0.1) is 6.42 Å². The van der Waals surface area contributed by atoms with Crippen LogP contribution in [-0.4, -0.2) is 29.4 Å². The molecule has 3 aromatic rings. The number of aliphatic carboxylic acids is 1. The first-order chi connectivity index (χ1) is 17.4. The van der Waals surface area contributed by atoms with E-state index in [4.69, 9.17) is 9.47 Å². The van der Waals surface area contributed by atoms with Crippen molar-refractivity contribution in [3.8, 4) is 22.6 Å². The van der Waals surface area contributed by atoms with E-state index in [1.54, 1.807) is 12.1 Å². The average molecular weight is 487 g/mol. The normalized spacial score (nSPS) is 21.2. The summed E-state index contributed by atoms with van der Waals surface area (Å²) in [5.74, 6) is 1.56. The zero-order valence-electron chi connectivity index (χ0n) is 21.0. The van der Waals surface area contributed by atoms with E-state index >= 15 is 0 Å². The van der Waals surface area contributed by atoms with E-state index in [1.165, 1.54) is 24.0 Å². The van der Waals surface area contributed by atoms with Gasteiger partial charge >= 0.3 is 5.97 Å². The summed E-state index contributed by atoms with van der Waals surface area (Å²) in [4.78, 5) is 11.2. The molecule has 0 aromatic heterocycles. The fraction of sp³-hybridized carbons (Fsp3) is 0.387. The standard InChI is InChI=1S/C27H26O4.C4H8O/c1-15-8-19(28)9-16(2)27(15)18-5-3-4-17(10-18)14-31-20-6-7-21-22(11-20)23-12-24(23)25(21)13-26(29)30;1-2-4-5-3-1/h3-11,23-25,28H,12-14H2,1-2H3,(H,29,30);1-4H2. The van der Waals surface area contributed by atoms with Gasteiger partial charge in [0.15, 0.2) is 0 Å². The zero-order chi connectivity index (χ0) is 25.2. The van der Waals surface area contributed by atoms with Crippen LogP contribution in [0.25, 0.3) is 11.1 Å². The highest BCUT2D eigenvalue weighted by Crippen LogP contribution is 2.64. The Morgan fingerprint density at radius 2 is 1.75 bits per heavy atom. The predicted octanol–water partition coefficient (Wildman–Crippen LogP) is 6.73. The van der Waals surface area contributed by atoms with Gasteiger partial charge in [0.2, 0.25) is 0 Å². The Labute approximate surface area is 212 Å². The summed E-state index contributed by atoms with van der Waals surface area (Å²) in [6, 6.07) is 18.0. The Kier molecular flexibility index (Phi) is 7.01. The van der Waals surface area contributed by atoms with Gasteiger partial charge in [-0.2, -0.15) is 0 Å². The van der Waals surface area contributed by atoms with Crippen molar-refractivity contribution in [2.75, 3.05) is 13.2 Å². The molecule has 1 saturated heterocycles. The van der Waals surface area contributed by atoms with Crippen molar-refractivity contribution in [3.63, 3.8) is 0 Å². The summed E-state index contributed by atoms with van der Waals surface area (Å²) in [5.41, 5.74) is 7.89. The van der Waals surface area contributed by atoms with Gasteiger partial charge in [0, 0.05) is 13.2 Å². The number of phenols is 1. The van der Waals surface area contributed by atoms with Crippen LogP contribution >= 0.6 is 0 Å². The van der Waals surface area contributed by atoms with Crippen molar-refractivity contribution >= 4 is 5.97 Å². The number of aryl methyl sites for hydroxylation is 2. The Morgan fingerprint density at radius 3 is 2.42 bits per heavy atom. The van der Waals surface area contributed by atoms with Crippen LogP contribution in [0.15, 0.2) is 54.6 Å². The van der Waals surface area contributed by atoms with E-state index in [1.807, 2.05) is 26.0 Å². The number of aromatic hydroxyl groups is 1. The van der Waals surface area contributed by atoms with Gasteiger partial charge in [-0.25, -0.2) is 0 Å². The number of carbonyl (C=O) groups is 1. The SMILES string of the molecule is C1CCOC1.Cc1cc(O)cc(C)c1-c1cccc(COc2ccc3c(c2)C2CC2C3CC(=O)O)c1. The van der Waals surface area contributed by atoms with Crippen molar-refractivity contribution in [2.24, 2.45) is 5.92 Å². The maximum atomic E-state index is 11.2. The minimum atomic E-state index is -0.720. The first-order valence-electron chi connectivity index (χ1n) is 12.9. The van der Waals surface area contributed by atoms with Crippen LogP contribution < -0.4 is 4.74 Å². The van der Waals surface area contributed by atoms with Crippen molar-refractivity contribution < 1.29 is 24.5 Å². The van der Waals surface area contributed by atoms with E-state index in [0.29, 0.717) is 24.2 Å². The largest absolute Gasteiger partial charge is 0.508 e. The van der Waals surface area contributed by atoms with Gasteiger partial charge in [0.1, 0.15) is 18.1 Å². The van der Waals surface area contributed by atoms with Gasteiger partial charge in [-0.1, -0.05) is 24.3 Å². The number of hydrogen-bond donors (Lipinski definition) is 2. The van der Waals surface area contributed by atoms with Gasteiger partial charge in [0.25, 0.3) is 0 Å². The summed E-state index contributed by atoms with van der Waals surface area (Å²) in [6.07, 6.45) is 3.87. The quantitative estimate of drug-likeness (QED) is 0.404. The van der Waals surface area contributed by atoms with Crippen LogP contribution in [0.1, 0.15) is 65.3 Å². The van der Waals surface area contributed by atoms with Gasteiger partial charge in [-0.3, -0.25) is 4.79 Å². The van der Waals surface area contributed by atoms with Crippen LogP contribution in [0.3, 0.4) is 0 Å². The van der Waals surface area contributed by atoms with E-state index < -0.39 is 5.97 Å². The molecule has 3 atom stereocenters. The Hall–Kier alpha value is -3.31. The first kappa shape index (κ1) is 24.4. The lowest BCUT2D eigenvalue weighted by molar-refractivity contribution is -0.137. The number of benzene rings is 3. The summed E-state index contributed by atoms with van der Waals surface area (Å²) in [6.45, 7) is 6.49. The predicted molar refractivity (Wildman–Crippen MR) is 140 cm³/mol. The number of phenolic OH excluding ortho intramolecular Hbond substituents is 1. The van der Waals surface area contributed by atoms with E-state index in [2.05, 4.69) is 30.3 Å². The summed E-state index contributed by atoms with van der Waals surface area (Å²) < 4.78 is 11.1. The lowest BCUT2D eigenvalue weighted by Gasteiger charge is -2.15. The van der Waals surface area contributed by atoms with Crippen LogP contribution in [0.4, 0.5) is 0 Å². The molecule has 6 rings (SSSR count). The fourth-order valence-electron chi connectivity index (χ4n) is 5.89. The monoisotopic (exact) mass is 486 g/mol. The highest BCUT2D eigenvalue weighted by Gasteiger charge is 2.52. The summed E-state index contributed by atoms with van der Waals surface area (Å²) >= 11 is 0. The molecule has 2 aliphatic carbocycles. The minimum absolute atomic E-state index is 0.153. The molecule has 1 heterocycles. The van der Waals surface area contributed by atoms with E-state index in [9.17, 15) is 15.0 Å². The topological polar surface area (TPSA) is 76.0 Å². The number of rotatable bonds is 6. The number of carboxylic acids is 1. The molecule has 3 unspecified atom stereocenters. The molecular weight excluding hydrogens is 452 g/mol. The van der Waals surface area contributed by atoms with Gasteiger partial charge in [-0.05, 0) is 120 Å². The minimum Gasteiger partial charge on any atom is -0.508 e. The third kappa shape index (κ3) is 5.26. The maximum absolute atomic E-state index is 11.2. The molecular formula is C31H34O5. The van der Waals surface area contributed by atoms with Crippen LogP contribution in [0.2, 0.25) is 0 Å². The van der Waals surface area contributed by atoms with Crippen molar-refractivity contribution in [1.29, 1.82) is 0 Å². The second-order valence-corrected chi connectivity index (χ2v) is 10.3. The van der Waals surface area contributed by atoms with Gasteiger partial charge in [-0.15, -0.1) is 0 Å². The molecule has 3 aromatic carbocycles. The molecule has 0 spiro atoms. The molecule has 2 fully saturated rings. The number of hydrogen-bond acceptors (Lipinski definition) is 4. The molecule has 0 amide bonds. The Morgan fingerprint density at radius 1 is 1.00 bits per heavy atom. The van der Waals surface area contributed by atoms with Crippen LogP contribution in [-0.2, 0) is 16.1 Å². The molecule has 3 aliphatic rings. The smallest absolute Gasteiger partial charge is 0.303 e. The second-order valence-electron chi connectivity index (χ2n) is 10.3. The molecule has 36 heavy (non-hydrogen) atoms. The van der Waals surface area contributed by atoms with Crippen molar-refractivity contribution in [2.45, 2.75) is 58.0 Å². The molecule has 5 nitrogen and oxygen atoms in total. The molecule has 5 heteroatoms. The summed E-state index contributed by atoms with van der Waals surface area (Å²) in [5, 5.41) is 19.0. The Balaban J connectivity index is 0.000000477. The van der Waals surface area contributed by atoms with Crippen LogP contribution in [0, 0.1) is 19.8 Å². The maximum Gasteiger partial charge on any atom is 0.303 e. The molecule has 0 bridgehead atoms. The van der Waals surface area contributed by atoms with Gasteiger partial charge < -0.3 is 19.7 Å². The first-order valence-corrected chi connectivity index (χ1v) is 12.9. The number of fused-ring (bicyclic) bond motifs is 3. The molecule has 2 N–H and O–H groups in total. The second kappa shape index (κ2) is 10.4. The molecule has 1 saturated carbocycles. The number of carboxylic acid groups (broad SMARTS) is 1. The third-order valence-corrected chi connectivity index (χ3v) is 7.57. The highest BCUT2D eigenvalue weighted by atomic mass is 16.5. The summed E-state index contributed by atoms with van der Waals surface area (Å²) in [7, 11) is 0. The van der Waals surface area contributed by atoms with Crippen molar-refractivity contribution in [1.82, 2.24) is 0 Å². The van der Waals surface area contributed by atoms with E-state index in [-0.39, 0.29) is 12.3 Å². The molecule has 0 radical (unpaired) electrons. The fourth-order valence-corrected chi connectivity index (χ4v) is 5.89. The lowest BCUT2D eigenvalue weighted by atomic mass is 9.93. The Bertz CT molecular complexity index is 1230. The number of ether oxygens (including phenoxy) is 2.